The molecule has 0 saturated heterocycles. The molecule has 4 aromatic carbocycles. The first-order valence-corrected chi connectivity index (χ1v) is 12.8. The predicted molar refractivity (Wildman–Crippen MR) is 163 cm³/mol. The molecule has 0 N–H and O–H groups in total. The van der Waals surface area contributed by atoms with E-state index < -0.39 is 0 Å². The van der Waals surface area contributed by atoms with E-state index >= 15 is 0 Å². The molecule has 0 bridgehead atoms. The van der Waals surface area contributed by atoms with Crippen molar-refractivity contribution in [2.24, 2.45) is 0 Å². The molecular formula is C36H28N2. The summed E-state index contributed by atoms with van der Waals surface area (Å²) in [6, 6.07) is 38.6. The van der Waals surface area contributed by atoms with E-state index in [2.05, 4.69) is 116 Å². The van der Waals surface area contributed by atoms with Gasteiger partial charge in [0.05, 0.1) is 28.1 Å². The van der Waals surface area contributed by atoms with E-state index in [0.717, 1.165) is 39.3 Å². The molecule has 0 fully saturated rings. The van der Waals surface area contributed by atoms with Crippen molar-refractivity contribution in [1.29, 1.82) is 0 Å². The Balaban J connectivity index is 1.68. The molecule has 0 amide bonds. The van der Waals surface area contributed by atoms with Crippen LogP contribution >= 0.6 is 0 Å². The first kappa shape index (κ1) is 23.4. The van der Waals surface area contributed by atoms with Gasteiger partial charge in [-0.05, 0) is 54.5 Å². The number of rotatable bonds is 6. The smallest absolute Gasteiger partial charge is 0.0715 e. The number of aromatic nitrogens is 2. The Labute approximate surface area is 223 Å². The van der Waals surface area contributed by atoms with E-state index in [9.17, 15) is 0 Å². The fourth-order valence-electron chi connectivity index (χ4n) is 5.23. The second-order valence-electron chi connectivity index (χ2n) is 9.44. The summed E-state index contributed by atoms with van der Waals surface area (Å²) in [5.74, 6) is 0. The Kier molecular flexibility index (Phi) is 6.07. The second kappa shape index (κ2) is 9.84. The molecule has 2 heterocycles. The topological polar surface area (TPSA) is 17.8 Å². The molecule has 0 aliphatic carbocycles. The van der Waals surface area contributed by atoms with Crippen LogP contribution in [-0.4, -0.2) is 9.55 Å². The van der Waals surface area contributed by atoms with Gasteiger partial charge in [-0.1, -0.05) is 110 Å². The molecule has 0 aliphatic rings. The maximum absolute atomic E-state index is 5.04. The minimum Gasteiger partial charge on any atom is -0.309 e. The SMILES string of the molecule is C=C/C=C(\C=C)c1cc(-c2cc(C)ccc2-n2c3ccccc3c3ccccc32)cc(-c2ccccc2)n1. The van der Waals surface area contributed by atoms with Gasteiger partial charge in [0.2, 0.25) is 0 Å². The third-order valence-corrected chi connectivity index (χ3v) is 6.99. The van der Waals surface area contributed by atoms with Crippen LogP contribution in [-0.2, 0) is 0 Å². The molecule has 2 heteroatoms. The molecule has 0 spiro atoms. The Morgan fingerprint density at radius 2 is 1.37 bits per heavy atom. The number of hydrogen-bond donors (Lipinski definition) is 0. The molecule has 2 nitrogen and oxygen atoms in total. The summed E-state index contributed by atoms with van der Waals surface area (Å²) in [5.41, 5.74) is 10.8. The van der Waals surface area contributed by atoms with E-state index in [1.165, 1.54) is 27.4 Å². The normalized spacial score (nSPS) is 11.7. The highest BCUT2D eigenvalue weighted by atomic mass is 15.0. The summed E-state index contributed by atoms with van der Waals surface area (Å²) in [4.78, 5) is 5.04. The number of allylic oxidation sites excluding steroid dienone is 4. The van der Waals surface area contributed by atoms with Crippen molar-refractivity contribution in [3.8, 4) is 28.1 Å². The molecular weight excluding hydrogens is 460 g/mol. The lowest BCUT2D eigenvalue weighted by atomic mass is 9.97. The molecule has 6 rings (SSSR count). The molecule has 0 saturated carbocycles. The minimum atomic E-state index is 0.867. The van der Waals surface area contributed by atoms with E-state index in [1.807, 2.05) is 30.4 Å². The third kappa shape index (κ3) is 4.07. The standard InChI is InChI=1S/C36H28N2/c1-4-13-26(5-2)32-23-28(24-33(37-32)27-14-7-6-8-15-27)31-22-25(3)20-21-36(31)38-34-18-11-9-16-29(34)30-17-10-12-19-35(30)38/h4-24H,1-2H2,3H3/b26-13+. The average molecular weight is 489 g/mol. The number of pyridine rings is 1. The number of fused-ring (bicyclic) bond motifs is 3. The van der Waals surface area contributed by atoms with Crippen LogP contribution < -0.4 is 0 Å². The summed E-state index contributed by atoms with van der Waals surface area (Å²) >= 11 is 0. The fourth-order valence-corrected chi connectivity index (χ4v) is 5.23. The van der Waals surface area contributed by atoms with Crippen LogP contribution in [0.2, 0.25) is 0 Å². The molecule has 38 heavy (non-hydrogen) atoms. The zero-order chi connectivity index (χ0) is 26.1. The van der Waals surface area contributed by atoms with Crippen LogP contribution in [0.15, 0.2) is 141 Å². The Hall–Kier alpha value is -4.95. The van der Waals surface area contributed by atoms with Gasteiger partial charge < -0.3 is 4.57 Å². The van der Waals surface area contributed by atoms with Crippen molar-refractivity contribution in [1.82, 2.24) is 9.55 Å². The lowest BCUT2D eigenvalue weighted by molar-refractivity contribution is 1.17. The van der Waals surface area contributed by atoms with Crippen LogP contribution in [0.5, 0.6) is 0 Å². The Bertz CT molecular complexity index is 1800. The Morgan fingerprint density at radius 1 is 0.711 bits per heavy atom. The number of nitrogens with zero attached hydrogens (tertiary/aromatic N) is 2. The summed E-state index contributed by atoms with van der Waals surface area (Å²) < 4.78 is 2.38. The summed E-state index contributed by atoms with van der Waals surface area (Å²) in [5, 5.41) is 2.50. The van der Waals surface area contributed by atoms with Gasteiger partial charge in [0.15, 0.2) is 0 Å². The highest BCUT2D eigenvalue weighted by molar-refractivity contribution is 6.09. The van der Waals surface area contributed by atoms with E-state index in [1.54, 1.807) is 6.08 Å². The van der Waals surface area contributed by atoms with Gasteiger partial charge in [0.25, 0.3) is 0 Å². The third-order valence-electron chi connectivity index (χ3n) is 6.99. The summed E-state index contributed by atoms with van der Waals surface area (Å²) in [6.07, 6.45) is 5.58. The van der Waals surface area contributed by atoms with Crippen LogP contribution in [0, 0.1) is 6.92 Å². The van der Waals surface area contributed by atoms with Crippen LogP contribution in [0.4, 0.5) is 0 Å². The van der Waals surface area contributed by atoms with Crippen LogP contribution in [0.3, 0.4) is 0 Å². The highest BCUT2D eigenvalue weighted by Crippen LogP contribution is 2.38. The van der Waals surface area contributed by atoms with Crippen molar-refractivity contribution in [2.45, 2.75) is 6.92 Å². The van der Waals surface area contributed by atoms with E-state index in [-0.39, 0.29) is 0 Å². The molecule has 0 unspecified atom stereocenters. The van der Waals surface area contributed by atoms with Crippen molar-refractivity contribution in [3.05, 3.63) is 152 Å². The maximum atomic E-state index is 5.04. The van der Waals surface area contributed by atoms with Gasteiger partial charge in [0.1, 0.15) is 0 Å². The zero-order valence-corrected chi connectivity index (χ0v) is 21.4. The van der Waals surface area contributed by atoms with Gasteiger partial charge in [-0.3, -0.25) is 0 Å². The summed E-state index contributed by atoms with van der Waals surface area (Å²) in [7, 11) is 0. The number of para-hydroxylation sites is 2. The lowest BCUT2D eigenvalue weighted by Crippen LogP contribution is -1.99. The number of benzene rings is 4. The first-order chi connectivity index (χ1) is 18.7. The van der Waals surface area contributed by atoms with Gasteiger partial charge in [-0.25, -0.2) is 4.98 Å². The van der Waals surface area contributed by atoms with Gasteiger partial charge in [-0.2, -0.15) is 0 Å². The van der Waals surface area contributed by atoms with Gasteiger partial charge >= 0.3 is 0 Å². The van der Waals surface area contributed by atoms with E-state index in [0.29, 0.717) is 0 Å². The zero-order valence-electron chi connectivity index (χ0n) is 21.4. The number of hydrogen-bond acceptors (Lipinski definition) is 1. The monoisotopic (exact) mass is 488 g/mol. The first-order valence-electron chi connectivity index (χ1n) is 12.8. The van der Waals surface area contributed by atoms with Crippen LogP contribution in [0.25, 0.3) is 55.5 Å². The molecule has 0 aliphatic heterocycles. The minimum absolute atomic E-state index is 0.867. The Morgan fingerprint density at radius 3 is 2.03 bits per heavy atom. The quantitative estimate of drug-likeness (QED) is 0.213. The lowest BCUT2D eigenvalue weighted by Gasteiger charge is -2.17. The molecule has 2 aromatic heterocycles. The summed E-state index contributed by atoms with van der Waals surface area (Å²) in [6.45, 7) is 10.1. The fraction of sp³-hybridized carbons (Fsp3) is 0.0278. The van der Waals surface area contributed by atoms with Crippen molar-refractivity contribution >= 4 is 27.4 Å². The van der Waals surface area contributed by atoms with Gasteiger partial charge in [-0.15, -0.1) is 0 Å². The molecule has 6 aromatic rings. The second-order valence-corrected chi connectivity index (χ2v) is 9.44. The van der Waals surface area contributed by atoms with Crippen molar-refractivity contribution in [3.63, 3.8) is 0 Å². The van der Waals surface area contributed by atoms with E-state index in [4.69, 9.17) is 4.98 Å². The molecule has 182 valence electrons. The van der Waals surface area contributed by atoms with Crippen molar-refractivity contribution < 1.29 is 0 Å². The van der Waals surface area contributed by atoms with Crippen LogP contribution in [0.1, 0.15) is 11.3 Å². The largest absolute Gasteiger partial charge is 0.309 e. The maximum Gasteiger partial charge on any atom is 0.0715 e. The average Bonchev–Trinajstić information content (AvgIpc) is 3.30. The predicted octanol–water partition coefficient (Wildman–Crippen LogP) is 9.58. The number of aryl methyl sites for hydroxylation is 1. The van der Waals surface area contributed by atoms with Crippen molar-refractivity contribution in [2.75, 3.05) is 0 Å². The molecule has 0 radical (unpaired) electrons. The molecule has 0 atom stereocenters. The van der Waals surface area contributed by atoms with Gasteiger partial charge in [0, 0.05) is 21.9 Å². The highest BCUT2D eigenvalue weighted by Gasteiger charge is 2.17.